The van der Waals surface area contributed by atoms with E-state index in [1.54, 1.807) is 20.1 Å². The van der Waals surface area contributed by atoms with E-state index in [-0.39, 0.29) is 0 Å². The van der Waals surface area contributed by atoms with Crippen LogP contribution in [0.25, 0.3) is 6.08 Å². The third-order valence-electron chi connectivity index (χ3n) is 3.12. The fourth-order valence-electron chi connectivity index (χ4n) is 2.00. The van der Waals surface area contributed by atoms with Crippen molar-refractivity contribution in [2.24, 2.45) is 0 Å². The van der Waals surface area contributed by atoms with E-state index in [4.69, 9.17) is 9.47 Å². The molecule has 0 saturated carbocycles. The Labute approximate surface area is 125 Å². The van der Waals surface area contributed by atoms with Crippen molar-refractivity contribution in [3.63, 3.8) is 0 Å². The van der Waals surface area contributed by atoms with Gasteiger partial charge in [0.15, 0.2) is 0 Å². The first-order chi connectivity index (χ1) is 10.2. The standard InChI is InChI=1S/C18H20O3/c1-14(19)17-11-10-16(20-2)13-18(17)21-12-6-9-15-7-4-3-5-8-15/h3-11,13-14,19H,12H2,1-2H3/b9-6+. The topological polar surface area (TPSA) is 38.7 Å². The smallest absolute Gasteiger partial charge is 0.129 e. The Morgan fingerprint density at radius 3 is 2.57 bits per heavy atom. The van der Waals surface area contributed by atoms with Gasteiger partial charge in [0, 0.05) is 11.6 Å². The average molecular weight is 284 g/mol. The van der Waals surface area contributed by atoms with Crippen molar-refractivity contribution < 1.29 is 14.6 Å². The van der Waals surface area contributed by atoms with Gasteiger partial charge < -0.3 is 14.6 Å². The molecule has 0 bridgehead atoms. The second-order valence-corrected chi connectivity index (χ2v) is 4.70. The van der Waals surface area contributed by atoms with E-state index in [9.17, 15) is 5.11 Å². The molecule has 0 aromatic heterocycles. The molecule has 0 fully saturated rings. The molecule has 3 nitrogen and oxygen atoms in total. The van der Waals surface area contributed by atoms with E-state index >= 15 is 0 Å². The molecule has 2 aromatic carbocycles. The van der Waals surface area contributed by atoms with Crippen LogP contribution in [0, 0.1) is 0 Å². The minimum Gasteiger partial charge on any atom is -0.497 e. The van der Waals surface area contributed by atoms with Gasteiger partial charge in [-0.3, -0.25) is 0 Å². The van der Waals surface area contributed by atoms with Crippen molar-refractivity contribution in [2.75, 3.05) is 13.7 Å². The van der Waals surface area contributed by atoms with Crippen molar-refractivity contribution in [3.8, 4) is 11.5 Å². The second kappa shape index (κ2) is 7.50. The summed E-state index contributed by atoms with van der Waals surface area (Å²) in [6.45, 7) is 2.15. The zero-order valence-corrected chi connectivity index (χ0v) is 12.3. The third kappa shape index (κ3) is 4.36. The van der Waals surface area contributed by atoms with Crippen LogP contribution in [0.15, 0.2) is 54.6 Å². The Balaban J connectivity index is 2.03. The predicted molar refractivity (Wildman–Crippen MR) is 84.6 cm³/mol. The first-order valence-corrected chi connectivity index (χ1v) is 6.91. The Hall–Kier alpha value is -2.26. The SMILES string of the molecule is COc1ccc(C(C)O)c(OC/C=C/c2ccccc2)c1. The number of methoxy groups -OCH3 is 1. The molecule has 3 heteroatoms. The van der Waals surface area contributed by atoms with Gasteiger partial charge in [-0.25, -0.2) is 0 Å². The first-order valence-electron chi connectivity index (χ1n) is 6.91. The molecule has 0 radical (unpaired) electrons. The van der Waals surface area contributed by atoms with Crippen LogP contribution in [-0.4, -0.2) is 18.8 Å². The molecule has 21 heavy (non-hydrogen) atoms. The van der Waals surface area contributed by atoms with Crippen LogP contribution >= 0.6 is 0 Å². The second-order valence-electron chi connectivity index (χ2n) is 4.70. The van der Waals surface area contributed by atoms with Crippen LogP contribution < -0.4 is 9.47 Å². The lowest BCUT2D eigenvalue weighted by atomic mass is 10.1. The maximum absolute atomic E-state index is 9.76. The molecule has 1 N–H and O–H groups in total. The van der Waals surface area contributed by atoms with E-state index in [2.05, 4.69) is 0 Å². The summed E-state index contributed by atoms with van der Waals surface area (Å²) in [6, 6.07) is 15.5. The van der Waals surface area contributed by atoms with E-state index in [0.717, 1.165) is 11.1 Å². The van der Waals surface area contributed by atoms with Gasteiger partial charge in [0.05, 0.1) is 13.2 Å². The maximum Gasteiger partial charge on any atom is 0.129 e. The van der Waals surface area contributed by atoms with E-state index < -0.39 is 6.10 Å². The summed E-state index contributed by atoms with van der Waals surface area (Å²) >= 11 is 0. The van der Waals surface area contributed by atoms with Crippen molar-refractivity contribution in [3.05, 3.63) is 65.7 Å². The quantitative estimate of drug-likeness (QED) is 0.876. The summed E-state index contributed by atoms with van der Waals surface area (Å²) in [6.07, 6.45) is 3.37. The molecule has 2 aromatic rings. The molecule has 0 heterocycles. The van der Waals surface area contributed by atoms with Crippen molar-refractivity contribution in [2.45, 2.75) is 13.0 Å². The fourth-order valence-corrected chi connectivity index (χ4v) is 2.00. The Bertz CT molecular complexity index is 589. The van der Waals surface area contributed by atoms with Gasteiger partial charge in [-0.05, 0) is 30.7 Å². The van der Waals surface area contributed by atoms with Crippen LogP contribution in [-0.2, 0) is 0 Å². The number of aliphatic hydroxyl groups is 1. The average Bonchev–Trinajstić information content (AvgIpc) is 2.52. The summed E-state index contributed by atoms with van der Waals surface area (Å²) in [5, 5.41) is 9.76. The normalized spacial score (nSPS) is 12.3. The van der Waals surface area contributed by atoms with Gasteiger partial charge in [0.25, 0.3) is 0 Å². The Kier molecular flexibility index (Phi) is 5.41. The van der Waals surface area contributed by atoms with Crippen LogP contribution in [0.1, 0.15) is 24.2 Å². The van der Waals surface area contributed by atoms with Gasteiger partial charge in [0.2, 0.25) is 0 Å². The number of ether oxygens (including phenoxy) is 2. The van der Waals surface area contributed by atoms with Crippen LogP contribution in [0.4, 0.5) is 0 Å². The molecular weight excluding hydrogens is 264 g/mol. The zero-order valence-electron chi connectivity index (χ0n) is 12.3. The first kappa shape index (κ1) is 15.1. The number of rotatable bonds is 6. The lowest BCUT2D eigenvalue weighted by molar-refractivity contribution is 0.192. The molecule has 0 saturated heterocycles. The van der Waals surface area contributed by atoms with Crippen LogP contribution in [0.2, 0.25) is 0 Å². The van der Waals surface area contributed by atoms with E-state index in [0.29, 0.717) is 18.1 Å². The van der Waals surface area contributed by atoms with E-state index in [1.165, 1.54) is 0 Å². The highest BCUT2D eigenvalue weighted by Crippen LogP contribution is 2.29. The lowest BCUT2D eigenvalue weighted by Crippen LogP contribution is -2.01. The molecule has 0 aliphatic carbocycles. The van der Waals surface area contributed by atoms with Gasteiger partial charge in [0.1, 0.15) is 18.1 Å². The highest BCUT2D eigenvalue weighted by atomic mass is 16.5. The summed E-state index contributed by atoms with van der Waals surface area (Å²) in [7, 11) is 1.61. The lowest BCUT2D eigenvalue weighted by Gasteiger charge is -2.13. The molecule has 1 unspecified atom stereocenters. The Morgan fingerprint density at radius 1 is 1.14 bits per heavy atom. The van der Waals surface area contributed by atoms with Gasteiger partial charge in [-0.2, -0.15) is 0 Å². The van der Waals surface area contributed by atoms with Crippen LogP contribution in [0.5, 0.6) is 11.5 Å². The summed E-state index contributed by atoms with van der Waals surface area (Å²) in [5.74, 6) is 1.35. The van der Waals surface area contributed by atoms with Gasteiger partial charge in [-0.15, -0.1) is 0 Å². The highest BCUT2D eigenvalue weighted by molar-refractivity contribution is 5.49. The Morgan fingerprint density at radius 2 is 1.90 bits per heavy atom. The maximum atomic E-state index is 9.76. The highest BCUT2D eigenvalue weighted by Gasteiger charge is 2.10. The molecule has 2 rings (SSSR count). The molecule has 0 spiro atoms. The number of hydrogen-bond donors (Lipinski definition) is 1. The van der Waals surface area contributed by atoms with E-state index in [1.807, 2.05) is 54.6 Å². The van der Waals surface area contributed by atoms with Crippen molar-refractivity contribution in [1.82, 2.24) is 0 Å². The molecular formula is C18H20O3. The molecule has 0 amide bonds. The predicted octanol–water partition coefficient (Wildman–Crippen LogP) is 3.84. The number of benzene rings is 2. The zero-order chi connectivity index (χ0) is 15.1. The summed E-state index contributed by atoms with van der Waals surface area (Å²) in [5.41, 5.74) is 1.88. The number of aliphatic hydroxyl groups excluding tert-OH is 1. The summed E-state index contributed by atoms with van der Waals surface area (Å²) in [4.78, 5) is 0. The molecule has 0 aliphatic rings. The monoisotopic (exact) mass is 284 g/mol. The number of hydrogen-bond acceptors (Lipinski definition) is 3. The molecule has 0 aliphatic heterocycles. The largest absolute Gasteiger partial charge is 0.497 e. The van der Waals surface area contributed by atoms with Crippen LogP contribution in [0.3, 0.4) is 0 Å². The van der Waals surface area contributed by atoms with Gasteiger partial charge >= 0.3 is 0 Å². The van der Waals surface area contributed by atoms with Crippen molar-refractivity contribution in [1.29, 1.82) is 0 Å². The minimum atomic E-state index is -0.580. The van der Waals surface area contributed by atoms with Crippen molar-refractivity contribution >= 4 is 6.08 Å². The fraction of sp³-hybridized carbons (Fsp3) is 0.222. The molecule has 110 valence electrons. The van der Waals surface area contributed by atoms with Gasteiger partial charge in [-0.1, -0.05) is 36.4 Å². The molecule has 1 atom stereocenters. The summed E-state index contributed by atoms with van der Waals surface area (Å²) < 4.78 is 10.9. The third-order valence-corrected chi connectivity index (χ3v) is 3.12. The minimum absolute atomic E-state index is 0.432.